The predicted octanol–water partition coefficient (Wildman–Crippen LogP) is 3.08. The smallest absolute Gasteiger partial charge is 0.352 e. The van der Waals surface area contributed by atoms with Crippen LogP contribution in [-0.4, -0.2) is 27.4 Å². The number of nitrogens with one attached hydrogen (secondary N) is 1. The van der Waals surface area contributed by atoms with Crippen molar-refractivity contribution in [1.29, 1.82) is 0 Å². The zero-order valence-electron chi connectivity index (χ0n) is 19.1. The monoisotopic (exact) mass is 474 g/mol. The number of hydrogen-bond acceptors (Lipinski definition) is 5. The Labute approximate surface area is 200 Å². The molecule has 1 unspecified atom stereocenters. The Kier molecular flexibility index (Phi) is 6.86. The number of ether oxygens (including phenoxy) is 1. The van der Waals surface area contributed by atoms with Crippen molar-refractivity contribution in [3.8, 4) is 11.4 Å². The zero-order valence-corrected chi connectivity index (χ0v) is 19.1. The minimum absolute atomic E-state index is 0.234. The molecule has 1 heterocycles. The van der Waals surface area contributed by atoms with Gasteiger partial charge in [0, 0.05) is 0 Å². The van der Waals surface area contributed by atoms with Gasteiger partial charge in [0.25, 0.3) is 11.5 Å². The molecule has 0 bridgehead atoms. The number of hydrogen-bond donors (Lipinski definition) is 1. The van der Waals surface area contributed by atoms with E-state index >= 15 is 0 Å². The van der Waals surface area contributed by atoms with E-state index in [1.807, 2.05) is 30.3 Å². The molecular weight excluding hydrogens is 451 g/mol. The second-order valence-electron chi connectivity index (χ2n) is 7.87. The van der Waals surface area contributed by atoms with E-state index in [0.29, 0.717) is 17.0 Å². The van der Waals surface area contributed by atoms with Gasteiger partial charge in [-0.2, -0.15) is 9.78 Å². The summed E-state index contributed by atoms with van der Waals surface area (Å²) in [4.78, 5) is 39.6. The summed E-state index contributed by atoms with van der Waals surface area (Å²) < 4.78 is 20.7. The van der Waals surface area contributed by atoms with Gasteiger partial charge in [-0.3, -0.25) is 14.2 Å². The van der Waals surface area contributed by atoms with Crippen molar-refractivity contribution in [1.82, 2.24) is 19.7 Å². The van der Waals surface area contributed by atoms with E-state index in [4.69, 9.17) is 4.74 Å². The van der Waals surface area contributed by atoms with Crippen LogP contribution in [0.3, 0.4) is 0 Å². The normalized spacial score (nSPS) is 11.6. The van der Waals surface area contributed by atoms with Gasteiger partial charge in [0.2, 0.25) is 5.69 Å². The van der Waals surface area contributed by atoms with Gasteiger partial charge in [0.1, 0.15) is 11.6 Å². The first-order valence-corrected chi connectivity index (χ1v) is 10.9. The number of carbonyl (C=O) groups is 1. The van der Waals surface area contributed by atoms with Crippen molar-refractivity contribution in [2.45, 2.75) is 19.5 Å². The fourth-order valence-electron chi connectivity index (χ4n) is 3.60. The van der Waals surface area contributed by atoms with Crippen LogP contribution in [0.25, 0.3) is 5.69 Å². The summed E-state index contributed by atoms with van der Waals surface area (Å²) in [5.41, 5.74) is -0.544. The minimum Gasteiger partial charge on any atom is -0.497 e. The standard InChI is InChI=1S/C26H23FN4O4/c1-17(19-8-4-3-5-9-19)28-24(32)23-25(33)30(16-18-7-6-10-20(27)15-18)26(34)31(29-23)21-11-13-22(35-2)14-12-21/h3-15,17H,16H2,1-2H3,(H,28,32). The van der Waals surface area contributed by atoms with Crippen LogP contribution >= 0.6 is 0 Å². The van der Waals surface area contributed by atoms with Crippen LogP contribution in [0.5, 0.6) is 5.75 Å². The van der Waals surface area contributed by atoms with Gasteiger partial charge in [-0.05, 0) is 54.4 Å². The molecule has 1 aromatic heterocycles. The molecule has 0 aliphatic rings. The molecule has 1 amide bonds. The number of carbonyl (C=O) groups excluding carboxylic acids is 1. The van der Waals surface area contributed by atoms with E-state index in [0.717, 1.165) is 14.8 Å². The van der Waals surface area contributed by atoms with Gasteiger partial charge in [0.15, 0.2) is 0 Å². The maximum atomic E-state index is 13.7. The first kappa shape index (κ1) is 23.6. The lowest BCUT2D eigenvalue weighted by Crippen LogP contribution is -2.46. The summed E-state index contributed by atoms with van der Waals surface area (Å²) in [6.45, 7) is 1.54. The van der Waals surface area contributed by atoms with Gasteiger partial charge in [-0.25, -0.2) is 9.18 Å². The molecule has 0 saturated heterocycles. The quantitative estimate of drug-likeness (QED) is 0.444. The topological polar surface area (TPSA) is 95.2 Å². The van der Waals surface area contributed by atoms with E-state index in [9.17, 15) is 18.8 Å². The molecule has 1 atom stereocenters. The maximum Gasteiger partial charge on any atom is 0.352 e. The number of nitrogens with zero attached hydrogens (tertiary/aromatic N) is 3. The van der Waals surface area contributed by atoms with Gasteiger partial charge < -0.3 is 10.1 Å². The zero-order chi connectivity index (χ0) is 24.9. The summed E-state index contributed by atoms with van der Waals surface area (Å²) in [5, 5.41) is 6.87. The highest BCUT2D eigenvalue weighted by atomic mass is 19.1. The Morgan fingerprint density at radius 3 is 2.40 bits per heavy atom. The Bertz CT molecular complexity index is 1460. The SMILES string of the molecule is COc1ccc(-n2nc(C(=O)NC(C)c3ccccc3)c(=O)n(Cc3cccc(F)c3)c2=O)cc1. The first-order valence-electron chi connectivity index (χ1n) is 10.9. The van der Waals surface area contributed by atoms with Gasteiger partial charge in [-0.1, -0.05) is 42.5 Å². The third-order valence-corrected chi connectivity index (χ3v) is 5.47. The number of amides is 1. The lowest BCUT2D eigenvalue weighted by Gasteiger charge is -2.16. The average Bonchev–Trinajstić information content (AvgIpc) is 2.87. The first-order chi connectivity index (χ1) is 16.9. The molecule has 178 valence electrons. The summed E-state index contributed by atoms with van der Waals surface area (Å²) >= 11 is 0. The molecule has 0 aliphatic carbocycles. The second kappa shape index (κ2) is 10.2. The van der Waals surface area contributed by atoms with E-state index in [1.165, 1.54) is 25.3 Å². The van der Waals surface area contributed by atoms with Crippen molar-refractivity contribution < 1.29 is 13.9 Å². The van der Waals surface area contributed by atoms with Crippen LogP contribution in [-0.2, 0) is 6.54 Å². The number of benzene rings is 3. The van der Waals surface area contributed by atoms with Crippen molar-refractivity contribution >= 4 is 5.91 Å². The van der Waals surface area contributed by atoms with Crippen LogP contribution in [0.2, 0.25) is 0 Å². The van der Waals surface area contributed by atoms with E-state index in [1.54, 1.807) is 37.3 Å². The summed E-state index contributed by atoms with van der Waals surface area (Å²) in [6.07, 6.45) is 0. The maximum absolute atomic E-state index is 13.7. The predicted molar refractivity (Wildman–Crippen MR) is 128 cm³/mol. The number of halogens is 1. The Hall–Kier alpha value is -4.53. The molecule has 0 aliphatic heterocycles. The number of rotatable bonds is 7. The Balaban J connectivity index is 1.80. The summed E-state index contributed by atoms with van der Waals surface area (Å²) in [7, 11) is 1.51. The molecule has 3 aromatic carbocycles. The highest BCUT2D eigenvalue weighted by molar-refractivity contribution is 5.92. The van der Waals surface area contributed by atoms with E-state index < -0.39 is 34.7 Å². The molecule has 0 radical (unpaired) electrons. The van der Waals surface area contributed by atoms with Crippen LogP contribution < -0.4 is 21.3 Å². The number of aromatic nitrogens is 3. The van der Waals surface area contributed by atoms with Crippen molar-refractivity contribution in [2.75, 3.05) is 7.11 Å². The molecule has 4 rings (SSSR count). The molecule has 35 heavy (non-hydrogen) atoms. The van der Waals surface area contributed by atoms with Crippen molar-refractivity contribution in [3.63, 3.8) is 0 Å². The lowest BCUT2D eigenvalue weighted by molar-refractivity contribution is 0.0930. The van der Waals surface area contributed by atoms with Crippen LogP contribution in [0.1, 0.15) is 34.6 Å². The molecule has 1 N–H and O–H groups in total. The van der Waals surface area contributed by atoms with E-state index in [2.05, 4.69) is 10.4 Å². The highest BCUT2D eigenvalue weighted by Gasteiger charge is 2.22. The largest absolute Gasteiger partial charge is 0.497 e. The Morgan fingerprint density at radius 2 is 1.74 bits per heavy atom. The minimum atomic E-state index is -0.873. The fourth-order valence-corrected chi connectivity index (χ4v) is 3.60. The van der Waals surface area contributed by atoms with Crippen molar-refractivity contribution in [3.05, 3.63) is 122 Å². The lowest BCUT2D eigenvalue weighted by atomic mass is 10.1. The van der Waals surface area contributed by atoms with Crippen LogP contribution in [0, 0.1) is 5.82 Å². The molecule has 0 fully saturated rings. The molecule has 4 aromatic rings. The van der Waals surface area contributed by atoms with Gasteiger partial charge in [0.05, 0.1) is 25.4 Å². The number of methoxy groups -OCH3 is 1. The third-order valence-electron chi connectivity index (χ3n) is 5.47. The van der Waals surface area contributed by atoms with Crippen LogP contribution in [0.4, 0.5) is 4.39 Å². The molecule has 0 spiro atoms. The highest BCUT2D eigenvalue weighted by Crippen LogP contribution is 2.14. The summed E-state index contributed by atoms with van der Waals surface area (Å²) in [6, 6.07) is 20.8. The van der Waals surface area contributed by atoms with Crippen LogP contribution in [0.15, 0.2) is 88.5 Å². The molecule has 0 saturated carbocycles. The molecule has 8 nitrogen and oxygen atoms in total. The molecular formula is C26H23FN4O4. The second-order valence-corrected chi connectivity index (χ2v) is 7.87. The van der Waals surface area contributed by atoms with Gasteiger partial charge in [-0.15, -0.1) is 0 Å². The third kappa shape index (κ3) is 5.19. The Morgan fingerprint density at radius 1 is 1.03 bits per heavy atom. The van der Waals surface area contributed by atoms with Crippen molar-refractivity contribution in [2.24, 2.45) is 0 Å². The fraction of sp³-hybridized carbons (Fsp3) is 0.154. The van der Waals surface area contributed by atoms with Gasteiger partial charge >= 0.3 is 5.69 Å². The summed E-state index contributed by atoms with van der Waals surface area (Å²) in [5.74, 6) is -0.680. The average molecular weight is 474 g/mol. The van der Waals surface area contributed by atoms with E-state index in [-0.39, 0.29) is 6.54 Å². The molecule has 9 heteroatoms.